The van der Waals surface area contributed by atoms with Gasteiger partial charge in [-0.05, 0) is 32.1 Å². The first kappa shape index (κ1) is 21.7. The molecule has 1 aliphatic heterocycles. The molecule has 0 radical (unpaired) electrons. The van der Waals surface area contributed by atoms with E-state index in [-0.39, 0.29) is 24.6 Å². The Morgan fingerprint density at radius 3 is 2.36 bits per heavy atom. The van der Waals surface area contributed by atoms with Crippen LogP contribution in [0.15, 0.2) is 0 Å². The minimum Gasteiger partial charge on any atom is -0.450 e. The second-order valence-electron chi connectivity index (χ2n) is 6.76. The van der Waals surface area contributed by atoms with E-state index in [2.05, 4.69) is 19.2 Å². The number of hydrogen-bond donors (Lipinski definition) is 1. The molecule has 0 spiro atoms. The summed E-state index contributed by atoms with van der Waals surface area (Å²) in [6.07, 6.45) is 2.57. The zero-order chi connectivity index (χ0) is 19.0. The first-order chi connectivity index (χ1) is 11.6. The van der Waals surface area contributed by atoms with E-state index >= 15 is 0 Å². The number of amides is 2. The molecule has 25 heavy (non-hydrogen) atoms. The molecular formula is C16H31N3O5S. The van der Waals surface area contributed by atoms with E-state index in [1.165, 1.54) is 4.31 Å². The number of rotatable bonds is 8. The standard InChI is InChI=1S/C16H31N3O5S/c1-5-24-16(21)18-10-7-14(8-11-18)19(25(4,22)23)12-15(20)17-9-6-13(2)3/h13-14H,5-12H2,1-4H3,(H,17,20). The van der Waals surface area contributed by atoms with Gasteiger partial charge in [0.15, 0.2) is 0 Å². The topological polar surface area (TPSA) is 96.0 Å². The normalized spacial score (nSPS) is 16.3. The van der Waals surface area contributed by atoms with Crippen LogP contribution >= 0.6 is 0 Å². The van der Waals surface area contributed by atoms with Crippen molar-refractivity contribution in [3.63, 3.8) is 0 Å². The third-order valence-corrected chi connectivity index (χ3v) is 5.45. The molecule has 1 fully saturated rings. The molecule has 0 unspecified atom stereocenters. The lowest BCUT2D eigenvalue weighted by Crippen LogP contribution is -2.51. The third kappa shape index (κ3) is 7.60. The van der Waals surface area contributed by atoms with Crippen molar-refractivity contribution in [2.24, 2.45) is 5.92 Å². The Balaban J connectivity index is 2.60. The third-order valence-electron chi connectivity index (χ3n) is 4.17. The molecule has 146 valence electrons. The van der Waals surface area contributed by atoms with Gasteiger partial charge in [0.05, 0.1) is 19.4 Å². The molecule has 0 aliphatic carbocycles. The molecule has 1 aliphatic rings. The SMILES string of the molecule is CCOC(=O)N1CCC(N(CC(=O)NCCC(C)C)S(C)(=O)=O)CC1. The molecular weight excluding hydrogens is 346 g/mol. The number of ether oxygens (including phenoxy) is 1. The Hall–Kier alpha value is -1.35. The predicted molar refractivity (Wildman–Crippen MR) is 95.6 cm³/mol. The molecule has 1 heterocycles. The molecule has 1 rings (SSSR count). The fourth-order valence-corrected chi connectivity index (χ4v) is 3.87. The fourth-order valence-electron chi connectivity index (χ4n) is 2.77. The predicted octanol–water partition coefficient (Wildman–Crippen LogP) is 1.03. The summed E-state index contributed by atoms with van der Waals surface area (Å²) in [5, 5.41) is 2.77. The Kier molecular flexibility index (Phi) is 8.64. The van der Waals surface area contributed by atoms with Crippen molar-refractivity contribution in [2.45, 2.75) is 46.1 Å². The Morgan fingerprint density at radius 2 is 1.88 bits per heavy atom. The minimum atomic E-state index is -3.51. The summed E-state index contributed by atoms with van der Waals surface area (Å²) in [5.74, 6) is 0.178. The highest BCUT2D eigenvalue weighted by atomic mass is 32.2. The second-order valence-corrected chi connectivity index (χ2v) is 8.69. The van der Waals surface area contributed by atoms with Crippen LogP contribution in [-0.4, -0.2) is 74.7 Å². The zero-order valence-corrected chi connectivity index (χ0v) is 16.5. The van der Waals surface area contributed by atoms with Crippen LogP contribution in [0.25, 0.3) is 0 Å². The van der Waals surface area contributed by atoms with Gasteiger partial charge in [0.1, 0.15) is 0 Å². The first-order valence-electron chi connectivity index (χ1n) is 8.80. The Labute approximate surface area is 150 Å². The van der Waals surface area contributed by atoms with Crippen molar-refractivity contribution in [1.29, 1.82) is 0 Å². The van der Waals surface area contributed by atoms with Crippen LogP contribution in [0.1, 0.15) is 40.0 Å². The summed E-state index contributed by atoms with van der Waals surface area (Å²) in [7, 11) is -3.51. The van der Waals surface area contributed by atoms with Gasteiger partial charge in [0.2, 0.25) is 15.9 Å². The number of nitrogens with one attached hydrogen (secondary N) is 1. The summed E-state index contributed by atoms with van der Waals surface area (Å²) in [5.41, 5.74) is 0. The van der Waals surface area contributed by atoms with Crippen molar-refractivity contribution in [3.8, 4) is 0 Å². The monoisotopic (exact) mass is 377 g/mol. The van der Waals surface area contributed by atoms with E-state index in [4.69, 9.17) is 4.74 Å². The number of carbonyl (C=O) groups is 2. The van der Waals surface area contributed by atoms with Gasteiger partial charge < -0.3 is 15.0 Å². The molecule has 0 saturated carbocycles. The number of carbonyl (C=O) groups excluding carboxylic acids is 2. The highest BCUT2D eigenvalue weighted by Gasteiger charge is 2.33. The summed E-state index contributed by atoms with van der Waals surface area (Å²) in [6.45, 7) is 7.38. The molecule has 0 aromatic rings. The molecule has 0 atom stereocenters. The van der Waals surface area contributed by atoms with Gasteiger partial charge in [-0.3, -0.25) is 4.79 Å². The van der Waals surface area contributed by atoms with Crippen LogP contribution in [0.5, 0.6) is 0 Å². The van der Waals surface area contributed by atoms with E-state index in [9.17, 15) is 18.0 Å². The molecule has 2 amide bonds. The number of likely N-dealkylation sites (tertiary alicyclic amines) is 1. The second kappa shape index (κ2) is 9.96. The van der Waals surface area contributed by atoms with E-state index in [1.807, 2.05) is 0 Å². The molecule has 1 saturated heterocycles. The number of piperidine rings is 1. The van der Waals surface area contributed by atoms with E-state index < -0.39 is 10.0 Å². The van der Waals surface area contributed by atoms with Gasteiger partial charge >= 0.3 is 6.09 Å². The largest absolute Gasteiger partial charge is 0.450 e. The van der Waals surface area contributed by atoms with Crippen LogP contribution < -0.4 is 5.32 Å². The van der Waals surface area contributed by atoms with Crippen molar-refractivity contribution in [1.82, 2.24) is 14.5 Å². The van der Waals surface area contributed by atoms with Crippen molar-refractivity contribution in [3.05, 3.63) is 0 Å². The van der Waals surface area contributed by atoms with Crippen molar-refractivity contribution < 1.29 is 22.7 Å². The molecule has 0 aromatic carbocycles. The molecule has 8 nitrogen and oxygen atoms in total. The summed E-state index contributed by atoms with van der Waals surface area (Å²) < 4.78 is 30.4. The summed E-state index contributed by atoms with van der Waals surface area (Å²) in [6, 6.07) is -0.281. The van der Waals surface area contributed by atoms with Crippen molar-refractivity contribution in [2.75, 3.05) is 39.0 Å². The minimum absolute atomic E-state index is 0.180. The number of nitrogens with zero attached hydrogens (tertiary/aromatic N) is 2. The van der Waals surface area contributed by atoms with Crippen LogP contribution in [-0.2, 0) is 19.6 Å². The Morgan fingerprint density at radius 1 is 1.28 bits per heavy atom. The van der Waals surface area contributed by atoms with E-state index in [1.54, 1.807) is 11.8 Å². The smallest absolute Gasteiger partial charge is 0.409 e. The van der Waals surface area contributed by atoms with E-state index in [0.717, 1.165) is 12.7 Å². The van der Waals surface area contributed by atoms with Crippen LogP contribution in [0.4, 0.5) is 4.79 Å². The quantitative estimate of drug-likeness (QED) is 0.682. The van der Waals surface area contributed by atoms with Crippen LogP contribution in [0, 0.1) is 5.92 Å². The highest BCUT2D eigenvalue weighted by molar-refractivity contribution is 7.88. The lowest BCUT2D eigenvalue weighted by atomic mass is 10.1. The average Bonchev–Trinajstić information content (AvgIpc) is 2.51. The van der Waals surface area contributed by atoms with Crippen LogP contribution in [0.2, 0.25) is 0 Å². The molecule has 0 aromatic heterocycles. The first-order valence-corrected chi connectivity index (χ1v) is 10.6. The fraction of sp³-hybridized carbons (Fsp3) is 0.875. The Bertz CT molecular complexity index is 542. The van der Waals surface area contributed by atoms with Gasteiger partial charge in [-0.1, -0.05) is 13.8 Å². The maximum Gasteiger partial charge on any atom is 0.409 e. The average molecular weight is 378 g/mol. The summed E-state index contributed by atoms with van der Waals surface area (Å²) >= 11 is 0. The lowest BCUT2D eigenvalue weighted by Gasteiger charge is -2.36. The maximum absolute atomic E-state index is 12.1. The van der Waals surface area contributed by atoms with Gasteiger partial charge in [-0.25, -0.2) is 13.2 Å². The summed E-state index contributed by atoms with van der Waals surface area (Å²) in [4.78, 5) is 25.4. The lowest BCUT2D eigenvalue weighted by molar-refractivity contribution is -0.121. The van der Waals surface area contributed by atoms with Gasteiger partial charge in [-0.15, -0.1) is 0 Å². The van der Waals surface area contributed by atoms with Gasteiger partial charge in [0, 0.05) is 25.7 Å². The van der Waals surface area contributed by atoms with Crippen molar-refractivity contribution >= 4 is 22.0 Å². The highest BCUT2D eigenvalue weighted by Crippen LogP contribution is 2.19. The zero-order valence-electron chi connectivity index (χ0n) is 15.7. The van der Waals surface area contributed by atoms with Gasteiger partial charge in [0.25, 0.3) is 0 Å². The molecule has 9 heteroatoms. The molecule has 0 bridgehead atoms. The van der Waals surface area contributed by atoms with Gasteiger partial charge in [-0.2, -0.15) is 4.31 Å². The maximum atomic E-state index is 12.1. The van der Waals surface area contributed by atoms with E-state index in [0.29, 0.717) is 45.0 Å². The number of sulfonamides is 1. The number of hydrogen-bond acceptors (Lipinski definition) is 5. The van der Waals surface area contributed by atoms with Crippen LogP contribution in [0.3, 0.4) is 0 Å². The molecule has 1 N–H and O–H groups in total.